The van der Waals surface area contributed by atoms with Gasteiger partial charge in [0, 0.05) is 11.8 Å². The van der Waals surface area contributed by atoms with E-state index in [4.69, 9.17) is 10.00 Å². The van der Waals surface area contributed by atoms with Crippen molar-refractivity contribution in [3.63, 3.8) is 0 Å². The van der Waals surface area contributed by atoms with Crippen molar-refractivity contribution in [2.24, 2.45) is 0 Å². The highest BCUT2D eigenvalue weighted by Gasteiger charge is 2.21. The van der Waals surface area contributed by atoms with Gasteiger partial charge in [-0.05, 0) is 18.2 Å². The largest absolute Gasteiger partial charge is 0.495 e. The van der Waals surface area contributed by atoms with Crippen LogP contribution in [0.4, 0.5) is 0 Å². The summed E-state index contributed by atoms with van der Waals surface area (Å²) in [6, 6.07) is 11.5. The molecule has 0 spiro atoms. The van der Waals surface area contributed by atoms with Crippen LogP contribution in [0.3, 0.4) is 0 Å². The van der Waals surface area contributed by atoms with Crippen molar-refractivity contribution in [1.82, 2.24) is 4.98 Å². The number of hydrogen-bond acceptors (Lipinski definition) is 5. The van der Waals surface area contributed by atoms with E-state index < -0.39 is 9.84 Å². The predicted octanol–water partition coefficient (Wildman–Crippen LogP) is 1.94. The van der Waals surface area contributed by atoms with Gasteiger partial charge in [-0.15, -0.1) is 0 Å². The quantitative estimate of drug-likeness (QED) is 0.858. The number of ether oxygens (including phenoxy) is 1. The Morgan fingerprint density at radius 2 is 2.00 bits per heavy atom. The van der Waals surface area contributed by atoms with Gasteiger partial charge in [0.25, 0.3) is 0 Å². The van der Waals surface area contributed by atoms with Crippen LogP contribution in [-0.2, 0) is 15.6 Å². The summed E-state index contributed by atoms with van der Waals surface area (Å²) < 4.78 is 29.9. The molecule has 0 saturated heterocycles. The Labute approximate surface area is 117 Å². The molecule has 0 fully saturated rings. The molecular formula is C14H12N2O3S. The third-order valence-electron chi connectivity index (χ3n) is 2.75. The van der Waals surface area contributed by atoms with Gasteiger partial charge in [0.2, 0.25) is 0 Å². The van der Waals surface area contributed by atoms with Crippen molar-refractivity contribution in [2.45, 2.75) is 10.6 Å². The van der Waals surface area contributed by atoms with Crippen molar-refractivity contribution >= 4 is 9.84 Å². The molecule has 1 aromatic heterocycles. The number of nitriles is 1. The van der Waals surface area contributed by atoms with Crippen LogP contribution in [0.1, 0.15) is 11.3 Å². The van der Waals surface area contributed by atoms with Gasteiger partial charge in [-0.3, -0.25) is 0 Å². The smallest absolute Gasteiger partial charge is 0.186 e. The normalized spacial score (nSPS) is 10.8. The molecule has 0 aliphatic rings. The summed E-state index contributed by atoms with van der Waals surface area (Å²) in [5.41, 5.74) is 0.492. The number of aromatic nitrogens is 1. The van der Waals surface area contributed by atoms with E-state index in [0.717, 1.165) is 0 Å². The molecule has 0 amide bonds. The van der Waals surface area contributed by atoms with Gasteiger partial charge in [0.05, 0.1) is 12.9 Å². The standard InChI is InChI=1S/C14H12N2O3S/c1-19-13-6-2-3-7-14(13)20(17,18)10-11-5-4-8-16-12(11)9-15/h2-8H,10H2,1H3. The Kier molecular flexibility index (Phi) is 4.01. The second-order valence-electron chi connectivity index (χ2n) is 4.03. The lowest BCUT2D eigenvalue weighted by Crippen LogP contribution is -2.08. The lowest BCUT2D eigenvalue weighted by atomic mass is 10.2. The maximum Gasteiger partial charge on any atom is 0.186 e. The van der Waals surface area contributed by atoms with Crippen molar-refractivity contribution in [2.75, 3.05) is 7.11 Å². The SMILES string of the molecule is COc1ccccc1S(=O)(=O)Cc1cccnc1C#N. The highest BCUT2D eigenvalue weighted by atomic mass is 32.2. The van der Waals surface area contributed by atoms with Gasteiger partial charge in [0.15, 0.2) is 9.84 Å². The molecule has 2 aromatic rings. The van der Waals surface area contributed by atoms with E-state index in [1.165, 1.54) is 19.4 Å². The zero-order chi connectivity index (χ0) is 14.6. The van der Waals surface area contributed by atoms with Crippen LogP contribution >= 0.6 is 0 Å². The molecular weight excluding hydrogens is 276 g/mol. The Bertz CT molecular complexity index is 764. The summed E-state index contributed by atoms with van der Waals surface area (Å²) in [7, 11) is -2.19. The molecule has 0 bridgehead atoms. The van der Waals surface area contributed by atoms with E-state index in [1.54, 1.807) is 30.3 Å². The Balaban J connectivity index is 2.44. The fraction of sp³-hybridized carbons (Fsp3) is 0.143. The van der Waals surface area contributed by atoms with Crippen LogP contribution in [0.2, 0.25) is 0 Å². The van der Waals surface area contributed by atoms with Crippen LogP contribution in [0.25, 0.3) is 0 Å². The predicted molar refractivity (Wildman–Crippen MR) is 72.8 cm³/mol. The molecule has 6 heteroatoms. The molecule has 20 heavy (non-hydrogen) atoms. The first-order chi connectivity index (χ1) is 9.58. The van der Waals surface area contributed by atoms with E-state index in [0.29, 0.717) is 5.56 Å². The summed E-state index contributed by atoms with van der Waals surface area (Å²) in [4.78, 5) is 3.97. The van der Waals surface area contributed by atoms with Gasteiger partial charge >= 0.3 is 0 Å². The molecule has 0 N–H and O–H groups in total. The summed E-state index contributed by atoms with van der Waals surface area (Å²) >= 11 is 0. The minimum absolute atomic E-state index is 0.107. The van der Waals surface area contributed by atoms with Gasteiger partial charge in [0.1, 0.15) is 22.4 Å². The van der Waals surface area contributed by atoms with Gasteiger partial charge < -0.3 is 4.74 Å². The number of para-hydroxylation sites is 1. The third-order valence-corrected chi connectivity index (χ3v) is 4.45. The first kappa shape index (κ1) is 14.0. The van der Waals surface area contributed by atoms with E-state index in [-0.39, 0.29) is 22.1 Å². The number of methoxy groups -OCH3 is 1. The Morgan fingerprint density at radius 1 is 1.25 bits per heavy atom. The number of pyridine rings is 1. The second-order valence-corrected chi connectivity index (χ2v) is 5.99. The molecule has 1 heterocycles. The molecule has 5 nitrogen and oxygen atoms in total. The fourth-order valence-corrected chi connectivity index (χ4v) is 3.36. The van der Waals surface area contributed by atoms with Gasteiger partial charge in [-0.2, -0.15) is 5.26 Å². The van der Waals surface area contributed by atoms with Crippen molar-refractivity contribution in [3.8, 4) is 11.8 Å². The van der Waals surface area contributed by atoms with Crippen molar-refractivity contribution in [3.05, 3.63) is 53.9 Å². The third kappa shape index (κ3) is 2.78. The molecule has 102 valence electrons. The fourth-order valence-electron chi connectivity index (χ4n) is 1.81. The summed E-state index contributed by atoms with van der Waals surface area (Å²) in [5, 5.41) is 8.95. The van der Waals surface area contributed by atoms with E-state index in [9.17, 15) is 8.42 Å². The Morgan fingerprint density at radius 3 is 2.70 bits per heavy atom. The first-order valence-electron chi connectivity index (χ1n) is 5.78. The molecule has 0 saturated carbocycles. The number of nitrogens with zero attached hydrogens (tertiary/aromatic N) is 2. The van der Waals surface area contributed by atoms with E-state index in [2.05, 4.69) is 4.98 Å². The van der Waals surface area contributed by atoms with Crippen molar-refractivity contribution in [1.29, 1.82) is 5.26 Å². The van der Waals surface area contributed by atoms with Crippen molar-refractivity contribution < 1.29 is 13.2 Å². The molecule has 0 atom stereocenters. The summed E-state index contributed by atoms with van der Waals surface area (Å²) in [6.07, 6.45) is 1.46. The van der Waals surface area contributed by atoms with Crippen LogP contribution in [0.15, 0.2) is 47.5 Å². The highest BCUT2D eigenvalue weighted by molar-refractivity contribution is 7.90. The van der Waals surface area contributed by atoms with Gasteiger partial charge in [-0.25, -0.2) is 13.4 Å². The van der Waals surface area contributed by atoms with Crippen LogP contribution in [0.5, 0.6) is 5.75 Å². The molecule has 0 aliphatic carbocycles. The first-order valence-corrected chi connectivity index (χ1v) is 7.43. The summed E-state index contributed by atoms with van der Waals surface area (Å²) in [6.45, 7) is 0. The zero-order valence-corrected chi connectivity index (χ0v) is 11.6. The second kappa shape index (κ2) is 5.72. The van der Waals surface area contributed by atoms with E-state index in [1.807, 2.05) is 6.07 Å². The van der Waals surface area contributed by atoms with E-state index >= 15 is 0 Å². The van der Waals surface area contributed by atoms with Crippen LogP contribution in [-0.4, -0.2) is 20.5 Å². The minimum Gasteiger partial charge on any atom is -0.495 e. The lowest BCUT2D eigenvalue weighted by Gasteiger charge is -2.09. The molecule has 0 unspecified atom stereocenters. The van der Waals surface area contributed by atoms with Crippen LogP contribution in [0, 0.1) is 11.3 Å². The molecule has 1 aromatic carbocycles. The average Bonchev–Trinajstić information content (AvgIpc) is 2.47. The molecule has 2 rings (SSSR count). The molecule has 0 radical (unpaired) electrons. The lowest BCUT2D eigenvalue weighted by molar-refractivity contribution is 0.402. The number of benzene rings is 1. The highest BCUT2D eigenvalue weighted by Crippen LogP contribution is 2.26. The number of sulfone groups is 1. The minimum atomic E-state index is -3.60. The maximum atomic E-state index is 12.4. The zero-order valence-electron chi connectivity index (χ0n) is 10.8. The summed E-state index contributed by atoms with van der Waals surface area (Å²) in [5.74, 6) is -0.000650. The molecule has 0 aliphatic heterocycles. The monoisotopic (exact) mass is 288 g/mol. The number of rotatable bonds is 4. The maximum absolute atomic E-state index is 12.4. The number of hydrogen-bond donors (Lipinski definition) is 0. The topological polar surface area (TPSA) is 80.1 Å². The van der Waals surface area contributed by atoms with Gasteiger partial charge in [-0.1, -0.05) is 18.2 Å². The Hall–Kier alpha value is -2.39. The van der Waals surface area contributed by atoms with Crippen LogP contribution < -0.4 is 4.74 Å². The average molecular weight is 288 g/mol.